The molecule has 2 atom stereocenters. The lowest BCUT2D eigenvalue weighted by Gasteiger charge is -2.38. The van der Waals surface area contributed by atoms with Crippen molar-refractivity contribution in [3.05, 3.63) is 52.0 Å². The van der Waals surface area contributed by atoms with Crippen LogP contribution in [0.3, 0.4) is 0 Å². The minimum atomic E-state index is -0.331. The summed E-state index contributed by atoms with van der Waals surface area (Å²) in [5, 5.41) is 3.26. The van der Waals surface area contributed by atoms with E-state index in [9.17, 15) is 9.59 Å². The van der Waals surface area contributed by atoms with E-state index >= 15 is 0 Å². The minimum Gasteiger partial charge on any atom is -0.480 e. The number of methoxy groups -OCH3 is 2. The van der Waals surface area contributed by atoms with Gasteiger partial charge in [-0.25, -0.2) is 4.79 Å². The Morgan fingerprint density at radius 3 is 2.55 bits per heavy atom. The smallest absolute Gasteiger partial charge is 0.338 e. The molecule has 2 aliphatic heterocycles. The fourth-order valence-corrected chi connectivity index (χ4v) is 5.59. The van der Waals surface area contributed by atoms with Crippen molar-refractivity contribution in [3.8, 4) is 5.88 Å². The second kappa shape index (κ2) is 15.5. The van der Waals surface area contributed by atoms with Gasteiger partial charge < -0.3 is 30.2 Å². The van der Waals surface area contributed by atoms with Crippen LogP contribution in [0, 0.1) is 0 Å². The van der Waals surface area contributed by atoms with Crippen LogP contribution in [0.25, 0.3) is 0 Å². The fraction of sp³-hybridized carbons (Fsp3) is 0.567. The molecule has 42 heavy (non-hydrogen) atoms. The summed E-state index contributed by atoms with van der Waals surface area (Å²) in [5.74, 6) is -0.359. The number of likely N-dealkylation sites (tertiary alicyclic amines) is 2. The van der Waals surface area contributed by atoms with Crippen molar-refractivity contribution in [2.75, 3.05) is 79.4 Å². The third kappa shape index (κ3) is 8.78. The van der Waals surface area contributed by atoms with Crippen LogP contribution in [0.1, 0.15) is 45.5 Å². The van der Waals surface area contributed by atoms with Crippen LogP contribution in [-0.4, -0.2) is 117 Å². The topological polar surface area (TPSA) is 122 Å². The first-order valence-electron chi connectivity index (χ1n) is 14.5. The molecular weight excluding hydrogens is 560 g/mol. The van der Waals surface area contributed by atoms with Crippen LogP contribution < -0.4 is 15.8 Å². The van der Waals surface area contributed by atoms with E-state index in [0.29, 0.717) is 18.7 Å². The Labute approximate surface area is 253 Å². The molecule has 11 nitrogen and oxygen atoms in total. The number of ether oxygens (including phenoxy) is 3. The lowest BCUT2D eigenvalue weighted by Crippen LogP contribution is -2.55. The molecule has 0 saturated carbocycles. The zero-order valence-electron chi connectivity index (χ0n) is 24.8. The lowest BCUT2D eigenvalue weighted by molar-refractivity contribution is 0.00439. The van der Waals surface area contributed by atoms with Gasteiger partial charge in [-0.15, -0.1) is 0 Å². The van der Waals surface area contributed by atoms with Gasteiger partial charge in [0, 0.05) is 46.4 Å². The molecule has 4 rings (SSSR count). The van der Waals surface area contributed by atoms with Gasteiger partial charge in [-0.1, -0.05) is 23.7 Å². The van der Waals surface area contributed by atoms with E-state index in [-0.39, 0.29) is 46.3 Å². The number of benzene rings is 1. The molecule has 1 aromatic heterocycles. The maximum atomic E-state index is 13.0. The summed E-state index contributed by atoms with van der Waals surface area (Å²) in [4.78, 5) is 36.4. The number of rotatable bonds is 13. The number of piperidine rings is 1. The molecule has 0 spiro atoms. The van der Waals surface area contributed by atoms with Gasteiger partial charge in [-0.3, -0.25) is 14.6 Å². The average molecular weight is 603 g/mol. The number of hydrogen-bond donors (Lipinski definition) is 2. The van der Waals surface area contributed by atoms with E-state index in [4.69, 9.17) is 31.5 Å². The van der Waals surface area contributed by atoms with Gasteiger partial charge in [-0.2, -0.15) is 4.98 Å². The van der Waals surface area contributed by atoms with Gasteiger partial charge in [0.1, 0.15) is 18.0 Å². The summed E-state index contributed by atoms with van der Waals surface area (Å²) >= 11 is 6.09. The largest absolute Gasteiger partial charge is 0.480 e. The number of likely N-dealkylation sites (N-methyl/N-ethyl adjacent to an activating group) is 1. The van der Waals surface area contributed by atoms with Gasteiger partial charge in [-0.05, 0) is 63.2 Å². The van der Waals surface area contributed by atoms with Crippen molar-refractivity contribution >= 4 is 29.3 Å². The standard InChI is InChI=1S/C30H43ClN6O5/c1-35(19-21-6-8-22(9-7-21)30(39)42-17-16-36-11-4-5-12-36)14-15-37-13-10-25(26(20-37)40-2)33-28(38)23-18-24(31)27(32)34-29(23)41-3/h6-9,18,25-26H,4-5,10-17,19-20H2,1-3H3,(H2,32,34)(H,33,38)/t25-,26+/m1/s1. The van der Waals surface area contributed by atoms with Crippen molar-refractivity contribution in [2.45, 2.75) is 38.0 Å². The number of carbonyl (C=O) groups is 2. The molecule has 3 N–H and O–H groups in total. The fourth-order valence-electron chi connectivity index (χ4n) is 5.44. The molecule has 1 aromatic carbocycles. The number of pyridine rings is 1. The van der Waals surface area contributed by atoms with Crippen molar-refractivity contribution in [2.24, 2.45) is 0 Å². The zero-order chi connectivity index (χ0) is 30.1. The van der Waals surface area contributed by atoms with Gasteiger partial charge in [0.2, 0.25) is 5.88 Å². The Bertz CT molecular complexity index is 1190. The molecule has 230 valence electrons. The predicted molar refractivity (Wildman–Crippen MR) is 162 cm³/mol. The van der Waals surface area contributed by atoms with E-state index in [1.54, 1.807) is 7.11 Å². The maximum Gasteiger partial charge on any atom is 0.338 e. The number of esters is 1. The van der Waals surface area contributed by atoms with E-state index in [1.807, 2.05) is 24.3 Å². The number of anilines is 1. The first-order valence-corrected chi connectivity index (χ1v) is 14.9. The average Bonchev–Trinajstić information content (AvgIpc) is 3.51. The summed E-state index contributed by atoms with van der Waals surface area (Å²) < 4.78 is 16.4. The van der Waals surface area contributed by atoms with Gasteiger partial charge >= 0.3 is 5.97 Å². The molecular formula is C30H43ClN6O5. The monoisotopic (exact) mass is 602 g/mol. The highest BCUT2D eigenvalue weighted by atomic mass is 35.5. The lowest BCUT2D eigenvalue weighted by atomic mass is 10.0. The Morgan fingerprint density at radius 2 is 1.86 bits per heavy atom. The number of nitrogens with zero attached hydrogens (tertiary/aromatic N) is 4. The van der Waals surface area contributed by atoms with E-state index in [1.165, 1.54) is 26.0 Å². The van der Waals surface area contributed by atoms with E-state index in [2.05, 4.69) is 32.0 Å². The van der Waals surface area contributed by atoms with E-state index < -0.39 is 0 Å². The molecule has 0 unspecified atom stereocenters. The molecule has 2 aromatic rings. The summed E-state index contributed by atoms with van der Waals surface area (Å²) in [6, 6.07) is 8.97. The minimum absolute atomic E-state index is 0.110. The van der Waals surface area contributed by atoms with Crippen LogP contribution in [0.15, 0.2) is 30.3 Å². The van der Waals surface area contributed by atoms with Crippen LogP contribution in [0.5, 0.6) is 5.88 Å². The van der Waals surface area contributed by atoms with Crippen LogP contribution in [-0.2, 0) is 16.0 Å². The predicted octanol–water partition coefficient (Wildman–Crippen LogP) is 2.53. The number of amides is 1. The molecule has 2 saturated heterocycles. The Kier molecular flexibility index (Phi) is 11.8. The van der Waals surface area contributed by atoms with Gasteiger partial charge in [0.15, 0.2) is 0 Å². The van der Waals surface area contributed by atoms with E-state index in [0.717, 1.165) is 57.8 Å². The van der Waals surface area contributed by atoms with Crippen molar-refractivity contribution in [1.82, 2.24) is 25.0 Å². The van der Waals surface area contributed by atoms with Crippen molar-refractivity contribution in [3.63, 3.8) is 0 Å². The molecule has 0 aliphatic carbocycles. The number of aromatic nitrogens is 1. The number of nitrogens with one attached hydrogen (secondary N) is 1. The second-order valence-corrected chi connectivity index (χ2v) is 11.4. The number of halogens is 1. The highest BCUT2D eigenvalue weighted by molar-refractivity contribution is 6.33. The number of hydrogen-bond acceptors (Lipinski definition) is 10. The summed E-state index contributed by atoms with van der Waals surface area (Å²) in [7, 11) is 5.18. The summed E-state index contributed by atoms with van der Waals surface area (Å²) in [6.07, 6.45) is 3.03. The Morgan fingerprint density at radius 1 is 1.12 bits per heavy atom. The molecule has 3 heterocycles. The first kappa shape index (κ1) is 32.0. The molecule has 1 amide bonds. The Balaban J connectivity index is 1.19. The third-order valence-corrected chi connectivity index (χ3v) is 8.25. The molecule has 0 bridgehead atoms. The first-order chi connectivity index (χ1) is 20.3. The van der Waals surface area contributed by atoms with Crippen molar-refractivity contribution in [1.29, 1.82) is 0 Å². The molecule has 12 heteroatoms. The zero-order valence-corrected chi connectivity index (χ0v) is 25.6. The quantitative estimate of drug-likeness (QED) is 0.331. The van der Waals surface area contributed by atoms with Crippen LogP contribution in [0.2, 0.25) is 5.02 Å². The SMILES string of the molecule is COc1nc(N)c(Cl)cc1C(=O)N[C@@H]1CCN(CCN(C)Cc2ccc(C(=O)OCCN3CCCC3)cc2)C[C@@H]1OC. The third-order valence-electron chi connectivity index (χ3n) is 7.95. The van der Waals surface area contributed by atoms with Crippen LogP contribution >= 0.6 is 11.6 Å². The van der Waals surface area contributed by atoms with Gasteiger partial charge in [0.25, 0.3) is 5.91 Å². The molecule has 2 fully saturated rings. The van der Waals surface area contributed by atoms with Crippen LogP contribution in [0.4, 0.5) is 5.82 Å². The molecule has 2 aliphatic rings. The highest BCUT2D eigenvalue weighted by Crippen LogP contribution is 2.25. The normalized spacial score (nSPS) is 19.6. The molecule has 0 radical (unpaired) electrons. The number of nitrogen functional groups attached to an aromatic ring is 1. The number of carbonyl (C=O) groups excluding carboxylic acids is 2. The van der Waals surface area contributed by atoms with Crippen molar-refractivity contribution < 1.29 is 23.8 Å². The second-order valence-electron chi connectivity index (χ2n) is 11.0. The highest BCUT2D eigenvalue weighted by Gasteiger charge is 2.31. The Hall–Kier alpha value is -2.96. The summed E-state index contributed by atoms with van der Waals surface area (Å²) in [6.45, 7) is 7.44. The van der Waals surface area contributed by atoms with Gasteiger partial charge in [0.05, 0.1) is 29.8 Å². The maximum absolute atomic E-state index is 13.0. The number of nitrogens with two attached hydrogens (primary N) is 1. The summed E-state index contributed by atoms with van der Waals surface area (Å²) in [5.41, 5.74) is 7.70.